The third kappa shape index (κ3) is 2.27. The molecule has 3 rings (SSSR count). The first-order chi connectivity index (χ1) is 8.80. The minimum Gasteiger partial charge on any atom is -0.481 e. The second kappa shape index (κ2) is 4.72. The van der Waals surface area contributed by atoms with E-state index in [-0.39, 0.29) is 0 Å². The fourth-order valence-corrected chi connectivity index (χ4v) is 2.97. The summed E-state index contributed by atoms with van der Waals surface area (Å²) in [5.74, 6) is 1.29. The van der Waals surface area contributed by atoms with Gasteiger partial charge < -0.3 is 15.4 Å². The molecule has 1 unspecified atom stereocenters. The molecule has 1 aliphatic carbocycles. The third-order valence-electron chi connectivity index (χ3n) is 4.11. The molecule has 2 fully saturated rings. The van der Waals surface area contributed by atoms with Crippen LogP contribution in [0.15, 0.2) is 12.3 Å². The largest absolute Gasteiger partial charge is 0.481 e. The van der Waals surface area contributed by atoms with Gasteiger partial charge in [0.1, 0.15) is 0 Å². The molecule has 2 aliphatic rings. The lowest BCUT2D eigenvalue weighted by Crippen LogP contribution is -2.58. The lowest BCUT2D eigenvalue weighted by Gasteiger charge is -2.48. The molecule has 0 amide bonds. The maximum absolute atomic E-state index is 5.11. The van der Waals surface area contributed by atoms with E-state index in [4.69, 9.17) is 4.74 Å². The van der Waals surface area contributed by atoms with Crippen molar-refractivity contribution in [2.75, 3.05) is 19.0 Å². The first-order valence-electron chi connectivity index (χ1n) is 6.68. The van der Waals surface area contributed by atoms with Crippen LogP contribution in [0.25, 0.3) is 0 Å². The molecule has 2 N–H and O–H groups in total. The molecular weight excluding hydrogens is 228 g/mol. The Morgan fingerprint density at radius 2 is 2.39 bits per heavy atom. The topological polar surface area (TPSA) is 59.1 Å². The zero-order valence-electron chi connectivity index (χ0n) is 10.8. The average molecular weight is 248 g/mol. The molecule has 1 aromatic heterocycles. The van der Waals surface area contributed by atoms with Gasteiger partial charge in [-0.1, -0.05) is 0 Å². The van der Waals surface area contributed by atoms with Crippen LogP contribution in [0.3, 0.4) is 0 Å². The van der Waals surface area contributed by atoms with Crippen molar-refractivity contribution in [2.45, 2.75) is 43.7 Å². The van der Waals surface area contributed by atoms with Gasteiger partial charge in [-0.3, -0.25) is 0 Å². The SMILES string of the molecule is COc1ccnc(NC2CCNC3(CCC3)C2)n1. The number of rotatable bonds is 3. The van der Waals surface area contributed by atoms with Crippen LogP contribution >= 0.6 is 0 Å². The smallest absolute Gasteiger partial charge is 0.226 e. The van der Waals surface area contributed by atoms with Crippen molar-refractivity contribution in [1.29, 1.82) is 0 Å². The van der Waals surface area contributed by atoms with Crippen LogP contribution in [0.2, 0.25) is 0 Å². The molecule has 1 aromatic rings. The van der Waals surface area contributed by atoms with E-state index in [2.05, 4.69) is 20.6 Å². The first-order valence-corrected chi connectivity index (χ1v) is 6.68. The summed E-state index contributed by atoms with van der Waals surface area (Å²) in [4.78, 5) is 8.56. The van der Waals surface area contributed by atoms with Crippen molar-refractivity contribution in [1.82, 2.24) is 15.3 Å². The van der Waals surface area contributed by atoms with Gasteiger partial charge in [-0.05, 0) is 38.6 Å². The highest BCUT2D eigenvalue weighted by molar-refractivity contribution is 5.29. The van der Waals surface area contributed by atoms with E-state index in [0.29, 0.717) is 23.4 Å². The predicted molar refractivity (Wildman–Crippen MR) is 69.8 cm³/mol. The maximum Gasteiger partial charge on any atom is 0.226 e. The van der Waals surface area contributed by atoms with E-state index >= 15 is 0 Å². The summed E-state index contributed by atoms with van der Waals surface area (Å²) in [6.07, 6.45) is 8.01. The Balaban J connectivity index is 1.64. The van der Waals surface area contributed by atoms with Gasteiger partial charge in [0.2, 0.25) is 11.8 Å². The molecule has 98 valence electrons. The summed E-state index contributed by atoms with van der Waals surface area (Å²) in [7, 11) is 1.62. The number of piperidine rings is 1. The zero-order valence-corrected chi connectivity index (χ0v) is 10.8. The number of ether oxygens (including phenoxy) is 1. The molecule has 0 radical (unpaired) electrons. The molecule has 0 bridgehead atoms. The van der Waals surface area contributed by atoms with Gasteiger partial charge in [0.15, 0.2) is 0 Å². The number of hydrogen-bond donors (Lipinski definition) is 2. The van der Waals surface area contributed by atoms with Gasteiger partial charge in [0.25, 0.3) is 0 Å². The summed E-state index contributed by atoms with van der Waals surface area (Å²) in [5.41, 5.74) is 0.398. The zero-order chi connectivity index (χ0) is 12.4. The molecule has 1 spiro atoms. The lowest BCUT2D eigenvalue weighted by atomic mass is 9.70. The van der Waals surface area contributed by atoms with Crippen molar-refractivity contribution in [3.63, 3.8) is 0 Å². The number of nitrogens with zero attached hydrogens (tertiary/aromatic N) is 2. The second-order valence-electron chi connectivity index (χ2n) is 5.32. The van der Waals surface area contributed by atoms with Crippen LogP contribution in [0.1, 0.15) is 32.1 Å². The Morgan fingerprint density at radius 3 is 3.11 bits per heavy atom. The maximum atomic E-state index is 5.11. The van der Waals surface area contributed by atoms with Gasteiger partial charge in [-0.2, -0.15) is 4.98 Å². The van der Waals surface area contributed by atoms with Crippen LogP contribution in [0.4, 0.5) is 5.95 Å². The molecule has 5 heteroatoms. The molecular formula is C13H20N4O. The number of hydrogen-bond acceptors (Lipinski definition) is 5. The first kappa shape index (κ1) is 11.7. The molecule has 1 aliphatic heterocycles. The summed E-state index contributed by atoms with van der Waals surface area (Å²) in [5, 5.41) is 7.10. The summed E-state index contributed by atoms with van der Waals surface area (Å²) >= 11 is 0. The number of anilines is 1. The molecule has 18 heavy (non-hydrogen) atoms. The van der Waals surface area contributed by atoms with E-state index in [9.17, 15) is 0 Å². The molecule has 1 saturated heterocycles. The summed E-state index contributed by atoms with van der Waals surface area (Å²) in [6, 6.07) is 2.24. The monoisotopic (exact) mass is 248 g/mol. The standard InChI is InChI=1S/C13H20N4O/c1-18-11-4-7-14-12(17-11)16-10-3-8-15-13(9-10)5-2-6-13/h4,7,10,15H,2-3,5-6,8-9H2,1H3,(H,14,16,17). The lowest BCUT2D eigenvalue weighted by molar-refractivity contribution is 0.135. The molecule has 1 atom stereocenters. The Labute approximate surface area is 107 Å². The van der Waals surface area contributed by atoms with Crippen LogP contribution in [-0.4, -0.2) is 35.2 Å². The van der Waals surface area contributed by atoms with Crippen LogP contribution in [0, 0.1) is 0 Å². The van der Waals surface area contributed by atoms with Crippen LogP contribution < -0.4 is 15.4 Å². The number of aromatic nitrogens is 2. The quantitative estimate of drug-likeness (QED) is 0.850. The van der Waals surface area contributed by atoms with Gasteiger partial charge in [0, 0.05) is 23.8 Å². The summed E-state index contributed by atoms with van der Waals surface area (Å²) < 4.78 is 5.11. The van der Waals surface area contributed by atoms with Gasteiger partial charge in [-0.25, -0.2) is 4.98 Å². The fraction of sp³-hybridized carbons (Fsp3) is 0.692. The van der Waals surface area contributed by atoms with Crippen molar-refractivity contribution in [3.05, 3.63) is 12.3 Å². The van der Waals surface area contributed by atoms with Crippen molar-refractivity contribution >= 4 is 5.95 Å². The Kier molecular flexibility index (Phi) is 3.07. The van der Waals surface area contributed by atoms with E-state index in [1.165, 1.54) is 25.7 Å². The predicted octanol–water partition coefficient (Wildman–Crippen LogP) is 1.57. The molecule has 1 saturated carbocycles. The number of nitrogens with one attached hydrogen (secondary N) is 2. The fourth-order valence-electron chi connectivity index (χ4n) is 2.97. The van der Waals surface area contributed by atoms with E-state index in [1.807, 2.05) is 0 Å². The minimum absolute atomic E-state index is 0.398. The van der Waals surface area contributed by atoms with Crippen molar-refractivity contribution in [3.8, 4) is 5.88 Å². The Bertz CT molecular complexity index is 419. The van der Waals surface area contributed by atoms with E-state index in [0.717, 1.165) is 13.0 Å². The Morgan fingerprint density at radius 1 is 1.50 bits per heavy atom. The highest BCUT2D eigenvalue weighted by atomic mass is 16.5. The van der Waals surface area contributed by atoms with E-state index < -0.39 is 0 Å². The van der Waals surface area contributed by atoms with Crippen LogP contribution in [0.5, 0.6) is 5.88 Å². The molecule has 5 nitrogen and oxygen atoms in total. The normalized spacial score (nSPS) is 25.5. The highest BCUT2D eigenvalue weighted by Gasteiger charge is 2.40. The number of methoxy groups -OCH3 is 1. The molecule has 0 aromatic carbocycles. The second-order valence-corrected chi connectivity index (χ2v) is 5.32. The van der Waals surface area contributed by atoms with Gasteiger partial charge in [0.05, 0.1) is 7.11 Å². The van der Waals surface area contributed by atoms with E-state index in [1.54, 1.807) is 19.4 Å². The molecule has 2 heterocycles. The van der Waals surface area contributed by atoms with Gasteiger partial charge in [-0.15, -0.1) is 0 Å². The minimum atomic E-state index is 0.398. The van der Waals surface area contributed by atoms with Gasteiger partial charge >= 0.3 is 0 Å². The Hall–Kier alpha value is -1.36. The van der Waals surface area contributed by atoms with Crippen molar-refractivity contribution < 1.29 is 4.74 Å². The van der Waals surface area contributed by atoms with Crippen molar-refractivity contribution in [2.24, 2.45) is 0 Å². The third-order valence-corrected chi connectivity index (χ3v) is 4.11. The average Bonchev–Trinajstić information content (AvgIpc) is 2.37. The summed E-state index contributed by atoms with van der Waals surface area (Å²) in [6.45, 7) is 1.08. The highest BCUT2D eigenvalue weighted by Crippen LogP contribution is 2.38. The van der Waals surface area contributed by atoms with Crippen LogP contribution in [-0.2, 0) is 0 Å².